The predicted molar refractivity (Wildman–Crippen MR) is 73.8 cm³/mol. The molecule has 1 saturated heterocycles. The summed E-state index contributed by atoms with van der Waals surface area (Å²) in [5.41, 5.74) is 0.248. The largest absolute Gasteiger partial charge is 0.481 e. The van der Waals surface area contributed by atoms with Crippen LogP contribution in [0.1, 0.15) is 44.8 Å². The number of piperidine rings is 1. The molecule has 1 aliphatic rings. The van der Waals surface area contributed by atoms with Crippen molar-refractivity contribution >= 4 is 5.97 Å². The molecular formula is C15H21FN2O2. The number of carbonyl (C=O) groups is 1. The van der Waals surface area contributed by atoms with E-state index >= 15 is 0 Å². The summed E-state index contributed by atoms with van der Waals surface area (Å²) in [5, 5.41) is 9.39. The van der Waals surface area contributed by atoms with Crippen LogP contribution in [-0.4, -0.2) is 34.0 Å². The highest BCUT2D eigenvalue weighted by Gasteiger charge is 2.40. The van der Waals surface area contributed by atoms with E-state index in [1.54, 1.807) is 6.07 Å². The minimum atomic E-state index is -0.688. The number of hydrogen-bond acceptors (Lipinski definition) is 3. The number of pyridine rings is 1. The lowest BCUT2D eigenvalue weighted by atomic mass is 9.76. The molecule has 1 fully saturated rings. The minimum Gasteiger partial charge on any atom is -0.481 e. The summed E-state index contributed by atoms with van der Waals surface area (Å²) in [7, 11) is 0. The van der Waals surface area contributed by atoms with Gasteiger partial charge < -0.3 is 5.11 Å². The highest BCUT2D eigenvalue weighted by Crippen LogP contribution is 2.37. The maximum atomic E-state index is 12.9. The third-order valence-electron chi connectivity index (χ3n) is 4.61. The van der Waals surface area contributed by atoms with Crippen molar-refractivity contribution in [3.8, 4) is 0 Å². The second-order valence-corrected chi connectivity index (χ2v) is 5.55. The Kier molecular flexibility index (Phi) is 4.38. The Bertz CT molecular complexity index is 467. The SMILES string of the molecule is CCC1(C(=O)O)CCN(C(C)c2ccc(F)cn2)CC1. The number of halogens is 1. The fourth-order valence-electron chi connectivity index (χ4n) is 2.88. The van der Waals surface area contributed by atoms with Crippen molar-refractivity contribution in [1.82, 2.24) is 9.88 Å². The number of nitrogens with zero attached hydrogens (tertiary/aromatic N) is 2. The Morgan fingerprint density at radius 2 is 2.15 bits per heavy atom. The Labute approximate surface area is 118 Å². The highest BCUT2D eigenvalue weighted by atomic mass is 19.1. The first kappa shape index (κ1) is 14.9. The molecule has 0 amide bonds. The van der Waals surface area contributed by atoms with Gasteiger partial charge in [-0.25, -0.2) is 4.39 Å². The van der Waals surface area contributed by atoms with Crippen molar-refractivity contribution in [3.63, 3.8) is 0 Å². The van der Waals surface area contributed by atoms with Gasteiger partial charge in [0.05, 0.1) is 17.3 Å². The van der Waals surface area contributed by atoms with Gasteiger partial charge in [-0.05, 0) is 51.4 Å². The van der Waals surface area contributed by atoms with Gasteiger partial charge in [0.2, 0.25) is 0 Å². The van der Waals surface area contributed by atoms with Gasteiger partial charge in [-0.1, -0.05) is 6.92 Å². The molecule has 0 radical (unpaired) electrons. The van der Waals surface area contributed by atoms with Gasteiger partial charge in [0.15, 0.2) is 0 Å². The predicted octanol–water partition coefficient (Wildman–Crippen LogP) is 2.86. The lowest BCUT2D eigenvalue weighted by Gasteiger charge is -2.40. The molecule has 5 heteroatoms. The standard InChI is InChI=1S/C15H21FN2O2/c1-3-15(14(19)20)6-8-18(9-7-15)11(2)13-5-4-12(16)10-17-13/h4-5,10-11H,3,6-9H2,1-2H3,(H,19,20). The second-order valence-electron chi connectivity index (χ2n) is 5.55. The average Bonchev–Trinajstić information content (AvgIpc) is 2.47. The van der Waals surface area contributed by atoms with Crippen LogP contribution in [0.25, 0.3) is 0 Å². The van der Waals surface area contributed by atoms with Crippen LogP contribution in [-0.2, 0) is 4.79 Å². The van der Waals surface area contributed by atoms with E-state index in [9.17, 15) is 14.3 Å². The molecule has 2 heterocycles. The number of hydrogen-bond donors (Lipinski definition) is 1. The van der Waals surface area contributed by atoms with Gasteiger partial charge in [0.25, 0.3) is 0 Å². The van der Waals surface area contributed by atoms with Crippen LogP contribution in [0.15, 0.2) is 18.3 Å². The molecule has 1 aliphatic heterocycles. The number of likely N-dealkylation sites (tertiary alicyclic amines) is 1. The van der Waals surface area contributed by atoms with Crippen LogP contribution >= 0.6 is 0 Å². The third kappa shape index (κ3) is 2.82. The minimum absolute atomic E-state index is 0.0826. The summed E-state index contributed by atoms with van der Waals surface area (Å²) in [6.07, 6.45) is 3.21. The van der Waals surface area contributed by atoms with E-state index < -0.39 is 11.4 Å². The van der Waals surface area contributed by atoms with Gasteiger partial charge in [0.1, 0.15) is 5.82 Å². The van der Waals surface area contributed by atoms with Gasteiger partial charge in [0, 0.05) is 6.04 Å². The molecule has 0 saturated carbocycles. The lowest BCUT2D eigenvalue weighted by Crippen LogP contribution is -2.44. The topological polar surface area (TPSA) is 53.4 Å². The van der Waals surface area contributed by atoms with Crippen LogP contribution in [0.4, 0.5) is 4.39 Å². The van der Waals surface area contributed by atoms with Crippen LogP contribution < -0.4 is 0 Å². The molecule has 0 aromatic carbocycles. The first-order chi connectivity index (χ1) is 9.48. The fourth-order valence-corrected chi connectivity index (χ4v) is 2.88. The quantitative estimate of drug-likeness (QED) is 0.921. The fraction of sp³-hybridized carbons (Fsp3) is 0.600. The summed E-state index contributed by atoms with van der Waals surface area (Å²) in [5.74, 6) is -1.03. The Hall–Kier alpha value is -1.49. The van der Waals surface area contributed by atoms with E-state index in [4.69, 9.17) is 0 Å². The number of rotatable bonds is 4. The van der Waals surface area contributed by atoms with Crippen molar-refractivity contribution in [2.75, 3.05) is 13.1 Å². The molecule has 4 nitrogen and oxygen atoms in total. The van der Waals surface area contributed by atoms with E-state index in [0.717, 1.165) is 18.8 Å². The zero-order chi connectivity index (χ0) is 14.8. The van der Waals surface area contributed by atoms with Crippen molar-refractivity contribution in [3.05, 3.63) is 29.8 Å². The first-order valence-corrected chi connectivity index (χ1v) is 7.07. The molecule has 110 valence electrons. The van der Waals surface area contributed by atoms with Gasteiger partial charge >= 0.3 is 5.97 Å². The summed E-state index contributed by atoms with van der Waals surface area (Å²) in [6, 6.07) is 3.19. The van der Waals surface area contributed by atoms with Crippen molar-refractivity contribution in [2.45, 2.75) is 39.2 Å². The number of carboxylic acid groups (broad SMARTS) is 1. The Balaban J connectivity index is 2.03. The molecule has 1 aromatic rings. The number of aromatic nitrogens is 1. The number of aliphatic carboxylic acids is 1. The van der Waals surface area contributed by atoms with Gasteiger partial charge in [-0.15, -0.1) is 0 Å². The van der Waals surface area contributed by atoms with E-state index in [0.29, 0.717) is 19.3 Å². The highest BCUT2D eigenvalue weighted by molar-refractivity contribution is 5.74. The maximum Gasteiger partial charge on any atom is 0.309 e. The van der Waals surface area contributed by atoms with E-state index in [1.807, 2.05) is 13.8 Å². The van der Waals surface area contributed by atoms with Crippen LogP contribution in [0.5, 0.6) is 0 Å². The van der Waals surface area contributed by atoms with Crippen molar-refractivity contribution in [1.29, 1.82) is 0 Å². The summed E-state index contributed by atoms with van der Waals surface area (Å²) < 4.78 is 12.9. The van der Waals surface area contributed by atoms with Crippen molar-refractivity contribution in [2.24, 2.45) is 5.41 Å². The monoisotopic (exact) mass is 280 g/mol. The number of carboxylic acids is 1. The Morgan fingerprint density at radius 3 is 2.60 bits per heavy atom. The average molecular weight is 280 g/mol. The second kappa shape index (κ2) is 5.87. The first-order valence-electron chi connectivity index (χ1n) is 7.07. The van der Waals surface area contributed by atoms with E-state index in [2.05, 4.69) is 9.88 Å². The van der Waals surface area contributed by atoms with Gasteiger partial charge in [-0.2, -0.15) is 0 Å². The zero-order valence-corrected chi connectivity index (χ0v) is 12.0. The molecule has 0 aliphatic carbocycles. The lowest BCUT2D eigenvalue weighted by molar-refractivity contribution is -0.152. The molecule has 1 atom stereocenters. The molecule has 2 rings (SSSR count). The summed E-state index contributed by atoms with van der Waals surface area (Å²) >= 11 is 0. The maximum absolute atomic E-state index is 12.9. The smallest absolute Gasteiger partial charge is 0.309 e. The Morgan fingerprint density at radius 1 is 1.50 bits per heavy atom. The zero-order valence-electron chi connectivity index (χ0n) is 12.0. The van der Waals surface area contributed by atoms with Crippen LogP contribution in [0.2, 0.25) is 0 Å². The summed E-state index contributed by atoms with van der Waals surface area (Å²) in [6.45, 7) is 5.44. The van der Waals surface area contributed by atoms with Crippen LogP contribution in [0, 0.1) is 11.2 Å². The molecular weight excluding hydrogens is 259 g/mol. The van der Waals surface area contributed by atoms with E-state index in [-0.39, 0.29) is 11.9 Å². The molecule has 1 aromatic heterocycles. The normalized spacial score (nSPS) is 20.6. The molecule has 1 unspecified atom stereocenters. The summed E-state index contributed by atoms with van der Waals surface area (Å²) in [4.78, 5) is 17.8. The van der Waals surface area contributed by atoms with Gasteiger partial charge in [-0.3, -0.25) is 14.7 Å². The van der Waals surface area contributed by atoms with Crippen molar-refractivity contribution < 1.29 is 14.3 Å². The third-order valence-corrected chi connectivity index (χ3v) is 4.61. The van der Waals surface area contributed by atoms with Crippen LogP contribution in [0.3, 0.4) is 0 Å². The molecule has 1 N–H and O–H groups in total. The van der Waals surface area contributed by atoms with E-state index in [1.165, 1.54) is 12.3 Å². The molecule has 0 spiro atoms. The molecule has 0 bridgehead atoms. The molecule has 20 heavy (non-hydrogen) atoms.